The molecule has 0 fully saturated rings. The molecule has 0 saturated carbocycles. The Bertz CT molecular complexity index is 1420. The molecule has 0 N–H and O–H groups in total. The van der Waals surface area contributed by atoms with E-state index in [2.05, 4.69) is 38.2 Å². The van der Waals surface area contributed by atoms with Crippen molar-refractivity contribution in [2.45, 2.75) is 373 Å². The fourth-order valence-electron chi connectivity index (χ4n) is 10.8. The molecule has 10 heteroatoms. The number of quaternary nitrogens is 1. The minimum Gasteiger partial charge on any atom is -0.756 e. The molecule has 480 valence electrons. The minimum absolute atomic E-state index is 0.0290. The number of nitrogens with zero attached hydrogens (tertiary/aromatic N) is 1. The molecule has 0 rings (SSSR count). The number of allylic oxidation sites excluding steroid dienone is 4. The van der Waals surface area contributed by atoms with Crippen molar-refractivity contribution in [1.82, 2.24) is 0 Å². The van der Waals surface area contributed by atoms with Crippen LogP contribution in [-0.4, -0.2) is 70.0 Å². The van der Waals surface area contributed by atoms with Crippen LogP contribution in [0.4, 0.5) is 0 Å². The van der Waals surface area contributed by atoms with Gasteiger partial charge in [0.05, 0.1) is 27.7 Å². The van der Waals surface area contributed by atoms with E-state index < -0.39 is 26.5 Å². The topological polar surface area (TPSA) is 111 Å². The standard InChI is InChI=1S/C71H138NO8P/c1-6-8-10-12-14-16-18-20-22-24-26-28-29-30-31-32-33-34-35-36-37-38-39-40-41-42-44-45-47-49-51-53-55-57-59-61-63-70(73)77-67-69(68-79-81(75,76)78-66-65-72(3,4)5)80-71(74)64-62-60-58-56-54-52-50-48-46-43-27-25-23-21-19-17-15-13-11-9-7-2/h19,21,25,27,69H,6-18,20,22-24,26,28-68H2,1-5H3/b21-19-,27-25-. The first-order chi connectivity index (χ1) is 39.5. The van der Waals surface area contributed by atoms with Gasteiger partial charge in [0.15, 0.2) is 6.10 Å². The molecule has 81 heavy (non-hydrogen) atoms. The largest absolute Gasteiger partial charge is 0.756 e. The molecule has 0 aromatic rings. The molecule has 0 radical (unpaired) electrons. The van der Waals surface area contributed by atoms with Gasteiger partial charge in [0.2, 0.25) is 0 Å². The first kappa shape index (κ1) is 79.5. The van der Waals surface area contributed by atoms with Crippen LogP contribution in [0.15, 0.2) is 24.3 Å². The van der Waals surface area contributed by atoms with E-state index in [1.165, 1.54) is 283 Å². The molecule has 0 aromatic heterocycles. The maximum Gasteiger partial charge on any atom is 0.306 e. The van der Waals surface area contributed by atoms with Crippen molar-refractivity contribution >= 4 is 19.8 Å². The maximum atomic E-state index is 12.8. The number of phosphoric acid groups is 1. The Morgan fingerprint density at radius 2 is 0.667 bits per heavy atom. The van der Waals surface area contributed by atoms with Gasteiger partial charge in [-0.1, -0.05) is 334 Å². The Balaban J connectivity index is 3.92. The zero-order chi connectivity index (χ0) is 59.1. The van der Waals surface area contributed by atoms with Gasteiger partial charge in [-0.15, -0.1) is 0 Å². The molecule has 2 unspecified atom stereocenters. The van der Waals surface area contributed by atoms with Gasteiger partial charge in [0, 0.05) is 12.8 Å². The number of ether oxygens (including phenoxy) is 2. The second-order valence-corrected chi connectivity index (χ2v) is 27.0. The van der Waals surface area contributed by atoms with Crippen LogP contribution in [-0.2, 0) is 32.7 Å². The Labute approximate surface area is 504 Å². The van der Waals surface area contributed by atoms with Gasteiger partial charge in [-0.05, 0) is 44.9 Å². The monoisotopic (exact) mass is 1160 g/mol. The van der Waals surface area contributed by atoms with E-state index in [1.807, 2.05) is 21.1 Å². The van der Waals surface area contributed by atoms with Gasteiger partial charge in [-0.2, -0.15) is 0 Å². The number of unbranched alkanes of at least 4 members (excludes halogenated alkanes) is 49. The molecule has 0 spiro atoms. The first-order valence-electron chi connectivity index (χ1n) is 35.5. The predicted molar refractivity (Wildman–Crippen MR) is 347 cm³/mol. The number of likely N-dealkylation sites (N-methyl/N-ethyl adjacent to an activating group) is 1. The average Bonchev–Trinajstić information content (AvgIpc) is 3.43. The fourth-order valence-corrected chi connectivity index (χ4v) is 11.5. The van der Waals surface area contributed by atoms with Crippen LogP contribution in [0.25, 0.3) is 0 Å². The smallest absolute Gasteiger partial charge is 0.306 e. The molecule has 0 aliphatic heterocycles. The van der Waals surface area contributed by atoms with Crippen molar-refractivity contribution in [1.29, 1.82) is 0 Å². The lowest BCUT2D eigenvalue weighted by Gasteiger charge is -2.28. The van der Waals surface area contributed by atoms with Gasteiger partial charge in [-0.25, -0.2) is 0 Å². The first-order valence-corrected chi connectivity index (χ1v) is 37.0. The second kappa shape index (κ2) is 63.0. The molecule has 0 saturated heterocycles. The summed E-state index contributed by atoms with van der Waals surface area (Å²) in [6.07, 6.45) is 78.5. The number of carbonyl (C=O) groups excluding carboxylic acids is 2. The number of esters is 2. The van der Waals surface area contributed by atoms with Gasteiger partial charge >= 0.3 is 11.9 Å². The van der Waals surface area contributed by atoms with Gasteiger partial charge < -0.3 is 27.9 Å². The fraction of sp³-hybridized carbons (Fsp3) is 0.915. The summed E-state index contributed by atoms with van der Waals surface area (Å²) in [5.41, 5.74) is 0. The van der Waals surface area contributed by atoms with Crippen molar-refractivity contribution in [2.75, 3.05) is 47.5 Å². The predicted octanol–water partition coefficient (Wildman–Crippen LogP) is 22.3. The van der Waals surface area contributed by atoms with Crippen molar-refractivity contribution in [2.24, 2.45) is 0 Å². The summed E-state index contributed by atoms with van der Waals surface area (Å²) in [6, 6.07) is 0. The third kappa shape index (κ3) is 67.5. The summed E-state index contributed by atoms with van der Waals surface area (Å²) >= 11 is 0. The lowest BCUT2D eigenvalue weighted by Crippen LogP contribution is -2.37. The number of hydrogen-bond donors (Lipinski definition) is 0. The van der Waals surface area contributed by atoms with E-state index in [4.69, 9.17) is 18.5 Å². The van der Waals surface area contributed by atoms with E-state index in [0.717, 1.165) is 51.4 Å². The molecule has 0 aromatic carbocycles. The summed E-state index contributed by atoms with van der Waals surface area (Å²) in [5.74, 6) is -0.818. The van der Waals surface area contributed by atoms with Gasteiger partial charge in [-0.3, -0.25) is 14.2 Å². The number of rotatable bonds is 67. The molecule has 0 amide bonds. The number of carbonyl (C=O) groups is 2. The van der Waals surface area contributed by atoms with Gasteiger partial charge in [0.1, 0.15) is 19.8 Å². The van der Waals surface area contributed by atoms with Crippen molar-refractivity contribution in [3.8, 4) is 0 Å². The van der Waals surface area contributed by atoms with Crippen LogP contribution in [0.2, 0.25) is 0 Å². The number of hydrogen-bond acceptors (Lipinski definition) is 8. The molecular formula is C71H138NO8P. The summed E-state index contributed by atoms with van der Waals surface area (Å²) in [7, 11) is 1.18. The number of phosphoric ester groups is 1. The summed E-state index contributed by atoms with van der Waals surface area (Å²) < 4.78 is 34.3. The minimum atomic E-state index is -4.64. The van der Waals surface area contributed by atoms with Crippen LogP contribution in [0.5, 0.6) is 0 Å². The van der Waals surface area contributed by atoms with Crippen LogP contribution in [0.1, 0.15) is 367 Å². The van der Waals surface area contributed by atoms with E-state index in [9.17, 15) is 19.0 Å². The molecular weight excluding hydrogens is 1030 g/mol. The highest BCUT2D eigenvalue weighted by Gasteiger charge is 2.22. The molecule has 9 nitrogen and oxygen atoms in total. The molecule has 0 aliphatic rings. The van der Waals surface area contributed by atoms with E-state index in [-0.39, 0.29) is 32.0 Å². The Kier molecular flexibility index (Phi) is 61.8. The lowest BCUT2D eigenvalue weighted by atomic mass is 10.0. The lowest BCUT2D eigenvalue weighted by molar-refractivity contribution is -0.870. The highest BCUT2D eigenvalue weighted by Crippen LogP contribution is 2.38. The Morgan fingerprint density at radius 1 is 0.383 bits per heavy atom. The van der Waals surface area contributed by atoms with E-state index >= 15 is 0 Å². The third-order valence-corrected chi connectivity index (χ3v) is 17.2. The summed E-state index contributed by atoms with van der Waals surface area (Å²) in [6.45, 7) is 4.29. The SMILES string of the molecule is CCCCCCC/C=C\C/C=C\CCCCCCCCCCCC(=O)OC(COC(=O)CCCCCCCCCCCCCCCCCCCCCCCCCCCCCCCCCCCCCC)COP(=O)([O-])OCC[N+](C)(C)C. The average molecular weight is 1160 g/mol. The van der Waals surface area contributed by atoms with Crippen LogP contribution >= 0.6 is 7.82 Å². The quantitative estimate of drug-likeness (QED) is 0.0195. The normalized spacial score (nSPS) is 13.2. The highest BCUT2D eigenvalue weighted by molar-refractivity contribution is 7.45. The van der Waals surface area contributed by atoms with E-state index in [1.54, 1.807) is 0 Å². The van der Waals surface area contributed by atoms with E-state index in [0.29, 0.717) is 17.4 Å². The zero-order valence-corrected chi connectivity index (χ0v) is 55.7. The van der Waals surface area contributed by atoms with Crippen molar-refractivity contribution in [3.05, 3.63) is 24.3 Å². The summed E-state index contributed by atoms with van der Waals surface area (Å²) in [4.78, 5) is 38.0. The van der Waals surface area contributed by atoms with Gasteiger partial charge in [0.25, 0.3) is 7.82 Å². The maximum absolute atomic E-state index is 12.8. The highest BCUT2D eigenvalue weighted by atomic mass is 31.2. The third-order valence-electron chi connectivity index (χ3n) is 16.2. The second-order valence-electron chi connectivity index (χ2n) is 25.6. The Hall–Kier alpha value is -1.51. The molecule has 0 heterocycles. The van der Waals surface area contributed by atoms with Crippen molar-refractivity contribution in [3.63, 3.8) is 0 Å². The molecule has 2 atom stereocenters. The van der Waals surface area contributed by atoms with Crippen LogP contribution in [0, 0.1) is 0 Å². The van der Waals surface area contributed by atoms with Crippen molar-refractivity contribution < 1.29 is 42.1 Å². The van der Waals surface area contributed by atoms with Crippen LogP contribution in [0.3, 0.4) is 0 Å². The Morgan fingerprint density at radius 3 is 0.975 bits per heavy atom. The zero-order valence-electron chi connectivity index (χ0n) is 54.8. The molecule has 0 aliphatic carbocycles. The van der Waals surface area contributed by atoms with Crippen LogP contribution < -0.4 is 4.89 Å². The molecule has 0 bridgehead atoms. The summed E-state index contributed by atoms with van der Waals surface area (Å²) in [5, 5.41) is 0.